The first-order chi connectivity index (χ1) is 15.4. The fourth-order valence-corrected chi connectivity index (χ4v) is 3.82. The largest absolute Gasteiger partial charge is 0.465 e. The highest BCUT2D eigenvalue weighted by Gasteiger charge is 2.17. The molecule has 0 saturated heterocycles. The van der Waals surface area contributed by atoms with E-state index in [0.29, 0.717) is 17.8 Å². The van der Waals surface area contributed by atoms with Crippen LogP contribution in [0.4, 0.5) is 10.5 Å². The van der Waals surface area contributed by atoms with Crippen LogP contribution in [-0.2, 0) is 27.8 Å². The fourth-order valence-electron chi connectivity index (χ4n) is 2.82. The van der Waals surface area contributed by atoms with Crippen LogP contribution in [0.15, 0.2) is 78.0 Å². The molecule has 0 aliphatic rings. The average molecular weight is 455 g/mol. The number of urea groups is 1. The molecule has 2 aromatic carbocycles. The smallest absolute Gasteiger partial charge is 0.338 e. The molecule has 0 aliphatic heterocycles. The zero-order chi connectivity index (χ0) is 23.0. The topological polar surface area (TPSA) is 126 Å². The lowest BCUT2D eigenvalue weighted by atomic mass is 10.1. The van der Waals surface area contributed by atoms with Gasteiger partial charge in [-0.05, 0) is 53.6 Å². The summed E-state index contributed by atoms with van der Waals surface area (Å²) in [5.41, 5.74) is 2.12. The van der Waals surface area contributed by atoms with E-state index in [1.165, 1.54) is 31.4 Å². The monoisotopic (exact) mass is 454 g/mol. The Morgan fingerprint density at radius 1 is 0.938 bits per heavy atom. The zero-order valence-electron chi connectivity index (χ0n) is 17.2. The minimum Gasteiger partial charge on any atom is -0.465 e. The third-order valence-electron chi connectivity index (χ3n) is 4.50. The first kappa shape index (κ1) is 22.9. The van der Waals surface area contributed by atoms with E-state index in [9.17, 15) is 18.0 Å². The Morgan fingerprint density at radius 3 is 2.31 bits per heavy atom. The molecule has 9 nitrogen and oxygen atoms in total. The van der Waals surface area contributed by atoms with Crippen molar-refractivity contribution in [2.24, 2.45) is 0 Å². The number of hydrogen-bond donors (Lipinski definition) is 3. The Labute approximate surface area is 185 Å². The molecule has 0 saturated carbocycles. The summed E-state index contributed by atoms with van der Waals surface area (Å²) in [7, 11) is -2.57. The van der Waals surface area contributed by atoms with E-state index in [4.69, 9.17) is 4.74 Å². The summed E-state index contributed by atoms with van der Waals surface area (Å²) < 4.78 is 32.4. The Hall–Kier alpha value is -3.76. The SMILES string of the molecule is COC(=O)c1ccccc1CNS(=O)(=O)c1ccc(NC(=O)NCc2ccncc2)cc1. The Morgan fingerprint density at radius 2 is 1.62 bits per heavy atom. The molecule has 1 aromatic heterocycles. The van der Waals surface area contributed by atoms with Crippen molar-refractivity contribution >= 4 is 27.7 Å². The van der Waals surface area contributed by atoms with Gasteiger partial charge in [0, 0.05) is 31.2 Å². The molecule has 0 atom stereocenters. The molecule has 0 bridgehead atoms. The normalized spacial score (nSPS) is 10.9. The van der Waals surface area contributed by atoms with Crippen LogP contribution in [0.1, 0.15) is 21.5 Å². The molecule has 32 heavy (non-hydrogen) atoms. The number of benzene rings is 2. The van der Waals surface area contributed by atoms with Crippen molar-refractivity contribution in [3.8, 4) is 0 Å². The lowest BCUT2D eigenvalue weighted by Gasteiger charge is -2.11. The standard InChI is InChI=1S/C22H22N4O5S/c1-31-21(27)20-5-3-2-4-17(20)15-25-32(29,30)19-8-6-18(7-9-19)26-22(28)24-14-16-10-12-23-13-11-16/h2-13,25H,14-15H2,1H3,(H2,24,26,28). The maximum atomic E-state index is 12.6. The van der Waals surface area contributed by atoms with Crippen LogP contribution >= 0.6 is 0 Å². The predicted molar refractivity (Wildman–Crippen MR) is 118 cm³/mol. The van der Waals surface area contributed by atoms with Gasteiger partial charge in [-0.2, -0.15) is 0 Å². The summed E-state index contributed by atoms with van der Waals surface area (Å²) in [6.07, 6.45) is 3.27. The number of esters is 1. The highest BCUT2D eigenvalue weighted by Crippen LogP contribution is 2.16. The number of nitrogens with zero attached hydrogens (tertiary/aromatic N) is 1. The number of ether oxygens (including phenoxy) is 1. The van der Waals surface area contributed by atoms with E-state index in [2.05, 4.69) is 20.3 Å². The minimum absolute atomic E-state index is 0.0239. The molecule has 3 rings (SSSR count). The highest BCUT2D eigenvalue weighted by molar-refractivity contribution is 7.89. The maximum Gasteiger partial charge on any atom is 0.338 e. The summed E-state index contributed by atoms with van der Waals surface area (Å²) in [4.78, 5) is 27.8. The van der Waals surface area contributed by atoms with Crippen molar-refractivity contribution in [3.63, 3.8) is 0 Å². The van der Waals surface area contributed by atoms with Gasteiger partial charge < -0.3 is 15.4 Å². The lowest BCUT2D eigenvalue weighted by Crippen LogP contribution is -2.28. The van der Waals surface area contributed by atoms with Crippen LogP contribution in [0, 0.1) is 0 Å². The number of anilines is 1. The Balaban J connectivity index is 1.59. The van der Waals surface area contributed by atoms with E-state index in [0.717, 1.165) is 5.56 Å². The van der Waals surface area contributed by atoms with E-state index in [-0.39, 0.29) is 17.0 Å². The van der Waals surface area contributed by atoms with E-state index < -0.39 is 22.0 Å². The number of carbonyl (C=O) groups excluding carboxylic acids is 2. The number of amides is 2. The van der Waals surface area contributed by atoms with Crippen LogP contribution in [0.3, 0.4) is 0 Å². The van der Waals surface area contributed by atoms with Gasteiger partial charge >= 0.3 is 12.0 Å². The number of nitrogens with one attached hydrogen (secondary N) is 3. The molecule has 3 aromatic rings. The summed E-state index contributed by atoms with van der Waals surface area (Å²) in [5, 5.41) is 5.35. The summed E-state index contributed by atoms with van der Waals surface area (Å²) in [5.74, 6) is -0.544. The van der Waals surface area contributed by atoms with E-state index in [1.807, 2.05) is 0 Å². The maximum absolute atomic E-state index is 12.6. The lowest BCUT2D eigenvalue weighted by molar-refractivity contribution is 0.0599. The highest BCUT2D eigenvalue weighted by atomic mass is 32.2. The van der Waals surface area contributed by atoms with Crippen LogP contribution in [0.2, 0.25) is 0 Å². The molecule has 2 amide bonds. The quantitative estimate of drug-likeness (QED) is 0.449. The summed E-state index contributed by atoms with van der Waals surface area (Å²) in [6, 6.07) is 15.5. The third kappa shape index (κ3) is 6.13. The molecular weight excluding hydrogens is 432 g/mol. The van der Waals surface area contributed by atoms with Gasteiger partial charge in [-0.15, -0.1) is 0 Å². The van der Waals surface area contributed by atoms with Gasteiger partial charge in [-0.25, -0.2) is 22.7 Å². The number of rotatable bonds is 8. The van der Waals surface area contributed by atoms with Gasteiger partial charge in [0.15, 0.2) is 0 Å². The fraction of sp³-hybridized carbons (Fsp3) is 0.136. The number of carbonyl (C=O) groups is 2. The van der Waals surface area contributed by atoms with Crippen molar-refractivity contribution in [2.75, 3.05) is 12.4 Å². The second-order valence-electron chi connectivity index (χ2n) is 6.66. The molecule has 0 aliphatic carbocycles. The zero-order valence-corrected chi connectivity index (χ0v) is 18.1. The number of sulfonamides is 1. The van der Waals surface area contributed by atoms with Gasteiger partial charge in [0.05, 0.1) is 17.6 Å². The second kappa shape index (κ2) is 10.5. The molecule has 0 unspecified atom stereocenters. The number of hydrogen-bond acceptors (Lipinski definition) is 6. The minimum atomic E-state index is -3.84. The molecule has 0 spiro atoms. The predicted octanol–water partition coefficient (Wildman–Crippen LogP) is 2.67. The average Bonchev–Trinajstić information content (AvgIpc) is 2.82. The van der Waals surface area contributed by atoms with Gasteiger partial charge in [0.1, 0.15) is 0 Å². The number of aromatic nitrogens is 1. The van der Waals surface area contributed by atoms with Crippen molar-refractivity contribution in [1.29, 1.82) is 0 Å². The molecule has 0 radical (unpaired) electrons. The molecule has 1 heterocycles. The van der Waals surface area contributed by atoms with Gasteiger partial charge in [0.2, 0.25) is 10.0 Å². The van der Waals surface area contributed by atoms with Gasteiger partial charge in [-0.1, -0.05) is 18.2 Å². The first-order valence-electron chi connectivity index (χ1n) is 9.59. The Kier molecular flexibility index (Phi) is 7.53. The molecule has 0 fully saturated rings. The number of methoxy groups -OCH3 is 1. The van der Waals surface area contributed by atoms with Crippen LogP contribution in [-0.4, -0.2) is 32.5 Å². The molecule has 166 valence electrons. The van der Waals surface area contributed by atoms with Crippen molar-refractivity contribution < 1.29 is 22.7 Å². The summed E-state index contributed by atoms with van der Waals surface area (Å²) in [6.45, 7) is 0.253. The first-order valence-corrected chi connectivity index (χ1v) is 11.1. The second-order valence-corrected chi connectivity index (χ2v) is 8.43. The van der Waals surface area contributed by atoms with Crippen molar-refractivity contribution in [3.05, 3.63) is 89.7 Å². The molecular formula is C22H22N4O5S. The Bertz CT molecular complexity index is 1180. The molecule has 10 heteroatoms. The van der Waals surface area contributed by atoms with Crippen LogP contribution in [0.25, 0.3) is 0 Å². The van der Waals surface area contributed by atoms with E-state index >= 15 is 0 Å². The van der Waals surface area contributed by atoms with Crippen molar-refractivity contribution in [1.82, 2.24) is 15.0 Å². The van der Waals surface area contributed by atoms with Crippen LogP contribution < -0.4 is 15.4 Å². The van der Waals surface area contributed by atoms with Gasteiger partial charge in [0.25, 0.3) is 0 Å². The van der Waals surface area contributed by atoms with Gasteiger partial charge in [-0.3, -0.25) is 4.98 Å². The van der Waals surface area contributed by atoms with E-state index in [1.54, 1.807) is 48.8 Å². The van der Waals surface area contributed by atoms with Crippen molar-refractivity contribution in [2.45, 2.75) is 18.0 Å². The third-order valence-corrected chi connectivity index (χ3v) is 5.92. The summed E-state index contributed by atoms with van der Waals surface area (Å²) >= 11 is 0. The molecule has 3 N–H and O–H groups in total. The number of pyridine rings is 1. The van der Waals surface area contributed by atoms with Crippen LogP contribution in [0.5, 0.6) is 0 Å².